The number of rotatable bonds is 5. The molecule has 1 aliphatic carbocycles. The van der Waals surface area contributed by atoms with Crippen molar-refractivity contribution in [2.24, 2.45) is 0 Å². The summed E-state index contributed by atoms with van der Waals surface area (Å²) in [6.07, 6.45) is 9.36. The molecule has 0 aromatic heterocycles. The van der Waals surface area contributed by atoms with Crippen molar-refractivity contribution >= 4 is 12.0 Å². The molecule has 2 rings (SSSR count). The summed E-state index contributed by atoms with van der Waals surface area (Å²) in [7, 11) is 1.30. The van der Waals surface area contributed by atoms with Crippen molar-refractivity contribution in [3.8, 4) is 0 Å². The van der Waals surface area contributed by atoms with Crippen LogP contribution in [0.5, 0.6) is 0 Å². The van der Waals surface area contributed by atoms with Gasteiger partial charge in [-0.1, -0.05) is 25.7 Å². The van der Waals surface area contributed by atoms with E-state index in [1.165, 1.54) is 45.6 Å². The van der Waals surface area contributed by atoms with E-state index in [-0.39, 0.29) is 11.4 Å². The summed E-state index contributed by atoms with van der Waals surface area (Å²) in [6.45, 7) is 4.65. The molecule has 23 heavy (non-hydrogen) atoms. The van der Waals surface area contributed by atoms with Gasteiger partial charge in [-0.25, -0.2) is 4.79 Å². The largest absolute Gasteiger partial charge is 0.453 e. The molecule has 2 aliphatic rings. The quantitative estimate of drug-likeness (QED) is 0.811. The van der Waals surface area contributed by atoms with Crippen LogP contribution in [0.1, 0.15) is 58.3 Å². The summed E-state index contributed by atoms with van der Waals surface area (Å²) in [6, 6.07) is -0.579. The maximum Gasteiger partial charge on any atom is 0.407 e. The molecule has 6 nitrogen and oxygen atoms in total. The Bertz CT molecular complexity index is 402. The lowest BCUT2D eigenvalue weighted by Crippen LogP contribution is -2.59. The first-order valence-electron chi connectivity index (χ1n) is 8.95. The molecule has 2 fully saturated rings. The predicted molar refractivity (Wildman–Crippen MR) is 89.3 cm³/mol. The minimum absolute atomic E-state index is 0.110. The van der Waals surface area contributed by atoms with Gasteiger partial charge in [-0.3, -0.25) is 9.69 Å². The van der Waals surface area contributed by atoms with E-state index in [1.807, 2.05) is 0 Å². The fourth-order valence-corrected chi connectivity index (χ4v) is 3.89. The number of alkyl carbamates (subject to hydrolysis) is 1. The fourth-order valence-electron chi connectivity index (χ4n) is 3.89. The SMILES string of the molecule is COC(=O)N[C@@H](C)C(=O)NCC1(N2CCCCC2)CCCCC1. The van der Waals surface area contributed by atoms with Crippen LogP contribution in [-0.4, -0.2) is 55.2 Å². The van der Waals surface area contributed by atoms with Gasteiger partial charge in [0.25, 0.3) is 0 Å². The zero-order valence-electron chi connectivity index (χ0n) is 14.5. The minimum Gasteiger partial charge on any atom is -0.453 e. The maximum atomic E-state index is 12.3. The third-order valence-corrected chi connectivity index (χ3v) is 5.32. The highest BCUT2D eigenvalue weighted by Crippen LogP contribution is 2.35. The molecule has 2 N–H and O–H groups in total. The number of ether oxygens (including phenoxy) is 1. The summed E-state index contributed by atoms with van der Waals surface area (Å²) in [5.41, 5.74) is 0.110. The number of hydrogen-bond acceptors (Lipinski definition) is 4. The zero-order chi connectivity index (χ0) is 16.7. The van der Waals surface area contributed by atoms with Crippen LogP contribution in [-0.2, 0) is 9.53 Å². The molecule has 1 saturated carbocycles. The number of likely N-dealkylation sites (tertiary alicyclic amines) is 1. The van der Waals surface area contributed by atoms with E-state index in [2.05, 4.69) is 20.3 Å². The summed E-state index contributed by atoms with van der Waals surface area (Å²) < 4.78 is 4.54. The predicted octanol–water partition coefficient (Wildman–Crippen LogP) is 2.04. The normalized spacial score (nSPS) is 22.9. The molecule has 132 valence electrons. The molecular formula is C17H31N3O3. The first kappa shape index (κ1) is 18.0. The van der Waals surface area contributed by atoms with Crippen LogP contribution in [0.4, 0.5) is 4.79 Å². The average Bonchev–Trinajstić information content (AvgIpc) is 2.61. The smallest absolute Gasteiger partial charge is 0.407 e. The lowest BCUT2D eigenvalue weighted by atomic mass is 9.79. The van der Waals surface area contributed by atoms with E-state index in [4.69, 9.17) is 0 Å². The molecule has 0 unspecified atom stereocenters. The van der Waals surface area contributed by atoms with Crippen LogP contribution in [0.25, 0.3) is 0 Å². The molecule has 1 saturated heterocycles. The first-order valence-corrected chi connectivity index (χ1v) is 8.95. The standard InChI is InChI=1S/C17H31N3O3/c1-14(19-16(22)23-2)15(21)18-13-17(9-5-3-6-10-17)20-11-7-4-8-12-20/h14H,3-13H2,1-2H3,(H,18,21)(H,19,22)/t14-/m0/s1. The molecule has 6 heteroatoms. The van der Waals surface area contributed by atoms with Crippen molar-refractivity contribution in [3.63, 3.8) is 0 Å². The lowest BCUT2D eigenvalue weighted by Gasteiger charge is -2.48. The topological polar surface area (TPSA) is 70.7 Å². The lowest BCUT2D eigenvalue weighted by molar-refractivity contribution is -0.123. The second-order valence-electron chi connectivity index (χ2n) is 6.91. The monoisotopic (exact) mass is 325 g/mol. The third kappa shape index (κ3) is 4.83. The van der Waals surface area contributed by atoms with Gasteiger partial charge in [0, 0.05) is 12.1 Å². The molecule has 1 atom stereocenters. The molecule has 1 heterocycles. The van der Waals surface area contributed by atoms with Gasteiger partial charge >= 0.3 is 6.09 Å². The molecule has 0 radical (unpaired) electrons. The second kappa shape index (κ2) is 8.52. The summed E-state index contributed by atoms with van der Waals surface area (Å²) in [5, 5.41) is 5.59. The van der Waals surface area contributed by atoms with E-state index >= 15 is 0 Å². The Labute approximate surface area is 139 Å². The Hall–Kier alpha value is -1.30. The van der Waals surface area contributed by atoms with Crippen LogP contribution in [0.15, 0.2) is 0 Å². The Kier molecular flexibility index (Phi) is 6.69. The van der Waals surface area contributed by atoms with E-state index in [0.29, 0.717) is 6.54 Å². The fraction of sp³-hybridized carbons (Fsp3) is 0.882. The Morgan fingerprint density at radius 2 is 1.70 bits per heavy atom. The van der Waals surface area contributed by atoms with Gasteiger partial charge in [0.05, 0.1) is 7.11 Å². The van der Waals surface area contributed by atoms with E-state index in [9.17, 15) is 9.59 Å². The van der Waals surface area contributed by atoms with Crippen LogP contribution >= 0.6 is 0 Å². The molecule has 2 amide bonds. The second-order valence-corrected chi connectivity index (χ2v) is 6.91. The summed E-state index contributed by atoms with van der Waals surface area (Å²) in [4.78, 5) is 26.1. The van der Waals surface area contributed by atoms with Gasteiger partial charge in [-0.15, -0.1) is 0 Å². The van der Waals surface area contributed by atoms with Gasteiger partial charge < -0.3 is 15.4 Å². The van der Waals surface area contributed by atoms with Gasteiger partial charge in [0.15, 0.2) is 0 Å². The molecule has 0 spiro atoms. The van der Waals surface area contributed by atoms with Crippen molar-refractivity contribution in [1.29, 1.82) is 0 Å². The van der Waals surface area contributed by atoms with E-state index in [1.54, 1.807) is 6.92 Å². The molecule has 1 aliphatic heterocycles. The molecule has 0 aromatic rings. The Morgan fingerprint density at radius 3 is 2.30 bits per heavy atom. The first-order chi connectivity index (χ1) is 11.1. The van der Waals surface area contributed by atoms with Crippen molar-refractivity contribution < 1.29 is 14.3 Å². The van der Waals surface area contributed by atoms with E-state index < -0.39 is 12.1 Å². The average molecular weight is 325 g/mol. The van der Waals surface area contributed by atoms with Gasteiger partial charge in [0.2, 0.25) is 5.91 Å². The zero-order valence-corrected chi connectivity index (χ0v) is 14.5. The maximum absolute atomic E-state index is 12.3. The summed E-state index contributed by atoms with van der Waals surface area (Å²) >= 11 is 0. The Morgan fingerprint density at radius 1 is 1.09 bits per heavy atom. The highest BCUT2D eigenvalue weighted by atomic mass is 16.5. The number of piperidine rings is 1. The van der Waals surface area contributed by atoms with Crippen LogP contribution in [0.2, 0.25) is 0 Å². The summed E-state index contributed by atoms with van der Waals surface area (Å²) in [5.74, 6) is -0.141. The number of carbonyl (C=O) groups is 2. The molecule has 0 bridgehead atoms. The van der Waals surface area contributed by atoms with Gasteiger partial charge in [-0.2, -0.15) is 0 Å². The number of nitrogens with zero attached hydrogens (tertiary/aromatic N) is 1. The Balaban J connectivity index is 1.92. The molecular weight excluding hydrogens is 294 g/mol. The van der Waals surface area contributed by atoms with Crippen molar-refractivity contribution in [1.82, 2.24) is 15.5 Å². The number of nitrogens with one attached hydrogen (secondary N) is 2. The van der Waals surface area contributed by atoms with Gasteiger partial charge in [0.1, 0.15) is 6.04 Å². The number of methoxy groups -OCH3 is 1. The van der Waals surface area contributed by atoms with Crippen molar-refractivity contribution in [2.75, 3.05) is 26.7 Å². The minimum atomic E-state index is -0.579. The highest BCUT2D eigenvalue weighted by molar-refractivity contribution is 5.85. The van der Waals surface area contributed by atoms with Crippen molar-refractivity contribution in [2.45, 2.75) is 69.9 Å². The van der Waals surface area contributed by atoms with Crippen molar-refractivity contribution in [3.05, 3.63) is 0 Å². The molecule has 0 aromatic carbocycles. The highest BCUT2D eigenvalue weighted by Gasteiger charge is 2.38. The van der Waals surface area contributed by atoms with Crippen LogP contribution < -0.4 is 10.6 Å². The van der Waals surface area contributed by atoms with Gasteiger partial charge in [-0.05, 0) is 45.7 Å². The third-order valence-electron chi connectivity index (χ3n) is 5.32. The van der Waals surface area contributed by atoms with Crippen LogP contribution in [0, 0.1) is 0 Å². The number of amides is 2. The van der Waals surface area contributed by atoms with Crippen LogP contribution in [0.3, 0.4) is 0 Å². The van der Waals surface area contributed by atoms with E-state index in [0.717, 1.165) is 25.9 Å². The number of carbonyl (C=O) groups excluding carboxylic acids is 2. The number of hydrogen-bond donors (Lipinski definition) is 2.